The van der Waals surface area contributed by atoms with Crippen molar-refractivity contribution in [2.75, 3.05) is 28.2 Å². The quantitative estimate of drug-likeness (QED) is 0.366. The first-order valence-electron chi connectivity index (χ1n) is 5.33. The first kappa shape index (κ1) is 24.2. The van der Waals surface area contributed by atoms with Gasteiger partial charge in [0.25, 0.3) is 0 Å². The number of hydrogen-bond donors (Lipinski definition) is 0. The zero-order valence-corrected chi connectivity index (χ0v) is 14.7. The van der Waals surface area contributed by atoms with Gasteiger partial charge in [-0.3, -0.25) is 17.6 Å². The van der Waals surface area contributed by atoms with E-state index in [0.29, 0.717) is 0 Å². The molecule has 4 nitrogen and oxygen atoms in total. The summed E-state index contributed by atoms with van der Waals surface area (Å²) in [6, 6.07) is 0. The summed E-state index contributed by atoms with van der Waals surface area (Å²) in [5, 5.41) is 12.8. The molecule has 0 spiro atoms. The van der Waals surface area contributed by atoms with Gasteiger partial charge in [0.2, 0.25) is 0 Å². The third-order valence-corrected chi connectivity index (χ3v) is 1.90. The van der Waals surface area contributed by atoms with Crippen molar-refractivity contribution in [3.63, 3.8) is 0 Å². The predicted octanol–water partition coefficient (Wildman–Crippen LogP) is 3.95. The monoisotopic (exact) mass is 336 g/mol. The van der Waals surface area contributed by atoms with E-state index in [9.17, 15) is 17.6 Å². The largest absolute Gasteiger partial charge is 0.635 e. The minimum Gasteiger partial charge on any atom is -0.635 e. The summed E-state index contributed by atoms with van der Waals surface area (Å²) in [6.45, 7) is 0. The summed E-state index contributed by atoms with van der Waals surface area (Å²) in [7, 11) is 5.25. The van der Waals surface area contributed by atoms with E-state index in [2.05, 4.69) is 21.3 Å². The SMILES string of the molecule is C[N-]C(F)CC(F)[N-]C.C[N-]C(F)CC(F)[N-]C.[Zn]. The first-order chi connectivity index (χ1) is 8.40. The van der Waals surface area contributed by atoms with Crippen LogP contribution in [0, 0.1) is 0 Å². The van der Waals surface area contributed by atoms with Crippen LogP contribution in [-0.4, -0.2) is 53.4 Å². The molecule has 19 heavy (non-hydrogen) atoms. The van der Waals surface area contributed by atoms with Gasteiger partial charge in [-0.1, -0.05) is 0 Å². The van der Waals surface area contributed by atoms with Gasteiger partial charge in [0.1, 0.15) is 0 Å². The van der Waals surface area contributed by atoms with Crippen LogP contribution < -0.4 is 0 Å². The molecule has 114 valence electrons. The van der Waals surface area contributed by atoms with Crippen LogP contribution in [0.4, 0.5) is 17.6 Å². The van der Waals surface area contributed by atoms with E-state index >= 15 is 0 Å². The average Bonchev–Trinajstić information content (AvgIpc) is 2.38. The fourth-order valence-corrected chi connectivity index (χ4v) is 0.743. The van der Waals surface area contributed by atoms with Crippen molar-refractivity contribution in [2.24, 2.45) is 0 Å². The molecule has 0 N–H and O–H groups in total. The number of hydrogen-bond acceptors (Lipinski definition) is 0. The molecule has 0 fully saturated rings. The van der Waals surface area contributed by atoms with E-state index in [4.69, 9.17) is 0 Å². The van der Waals surface area contributed by atoms with Crippen LogP contribution in [0.3, 0.4) is 0 Å². The summed E-state index contributed by atoms with van der Waals surface area (Å²) in [4.78, 5) is 0. The Morgan fingerprint density at radius 2 is 0.737 bits per heavy atom. The summed E-state index contributed by atoms with van der Waals surface area (Å²) >= 11 is 0. The first-order valence-corrected chi connectivity index (χ1v) is 5.33. The second-order valence-corrected chi connectivity index (χ2v) is 3.24. The van der Waals surface area contributed by atoms with Gasteiger partial charge < -0.3 is 21.3 Å². The minimum absolute atomic E-state index is 0. The molecular formula is C10H20F4N4Zn-4. The molecule has 0 radical (unpaired) electrons. The van der Waals surface area contributed by atoms with Gasteiger partial charge in [-0.25, -0.2) is 0 Å². The maximum absolute atomic E-state index is 12.1. The fourth-order valence-electron chi connectivity index (χ4n) is 0.743. The molecule has 0 aromatic carbocycles. The molecular weight excluding hydrogens is 318 g/mol. The van der Waals surface area contributed by atoms with E-state index in [1.807, 2.05) is 0 Å². The molecule has 4 atom stereocenters. The Morgan fingerprint density at radius 1 is 0.579 bits per heavy atom. The van der Waals surface area contributed by atoms with Crippen molar-refractivity contribution in [3.8, 4) is 0 Å². The van der Waals surface area contributed by atoms with Crippen LogP contribution in [0.2, 0.25) is 0 Å². The topological polar surface area (TPSA) is 56.4 Å². The molecule has 9 heteroatoms. The van der Waals surface area contributed by atoms with E-state index in [1.54, 1.807) is 0 Å². The second-order valence-electron chi connectivity index (χ2n) is 3.24. The summed E-state index contributed by atoms with van der Waals surface area (Å²) in [6.07, 6.45) is -6.17. The van der Waals surface area contributed by atoms with E-state index in [-0.39, 0.29) is 32.3 Å². The third-order valence-electron chi connectivity index (χ3n) is 1.90. The molecule has 0 aliphatic carbocycles. The number of halogens is 4. The molecule has 0 aromatic heterocycles. The maximum Gasteiger partial charge on any atom is 0.0140 e. The molecule has 4 unspecified atom stereocenters. The molecule has 0 aliphatic heterocycles. The Bertz CT molecular complexity index is 148. The van der Waals surface area contributed by atoms with Gasteiger partial charge in [-0.15, -0.1) is 0 Å². The van der Waals surface area contributed by atoms with E-state index in [0.717, 1.165) is 0 Å². The Balaban J connectivity index is -0.000000256. The second kappa shape index (κ2) is 16.2. The van der Waals surface area contributed by atoms with Crippen LogP contribution in [0.1, 0.15) is 12.8 Å². The van der Waals surface area contributed by atoms with Gasteiger partial charge >= 0.3 is 0 Å². The standard InChI is InChI=1S/2C5H10F2N2.Zn/c2*1-8-4(6)3-5(7)9-2;/h2*4-5H,3H2,1-2H3;/q2*-2;. The van der Waals surface area contributed by atoms with Crippen molar-refractivity contribution in [1.29, 1.82) is 0 Å². The minimum atomic E-state index is -1.41. The zero-order chi connectivity index (χ0) is 14.6. The molecule has 0 aliphatic rings. The number of rotatable bonds is 8. The van der Waals surface area contributed by atoms with Crippen molar-refractivity contribution in [1.82, 2.24) is 0 Å². The maximum atomic E-state index is 12.1. The smallest absolute Gasteiger partial charge is 0.0140 e. The Labute approximate surface area is 125 Å². The normalized spacial score (nSPS) is 16.4. The molecule has 0 saturated carbocycles. The van der Waals surface area contributed by atoms with Gasteiger partial charge in [0.15, 0.2) is 0 Å². The summed E-state index contributed by atoms with van der Waals surface area (Å²) in [5.41, 5.74) is 0. The Morgan fingerprint density at radius 3 is 0.842 bits per heavy atom. The van der Waals surface area contributed by atoms with Crippen LogP contribution in [0.15, 0.2) is 0 Å². The van der Waals surface area contributed by atoms with Gasteiger partial charge in [0, 0.05) is 44.7 Å². The number of alkyl halides is 4. The van der Waals surface area contributed by atoms with Crippen LogP contribution in [-0.2, 0) is 19.5 Å². The average molecular weight is 338 g/mol. The summed E-state index contributed by atoms with van der Waals surface area (Å²) < 4.78 is 48.4. The molecule has 0 bridgehead atoms. The molecule has 0 aromatic rings. The van der Waals surface area contributed by atoms with E-state index < -0.39 is 25.2 Å². The Hall–Kier alpha value is 0.183. The number of nitrogens with zero attached hydrogens (tertiary/aromatic N) is 4. The van der Waals surface area contributed by atoms with Gasteiger partial charge in [0.05, 0.1) is 0 Å². The predicted molar refractivity (Wildman–Crippen MR) is 66.0 cm³/mol. The van der Waals surface area contributed by atoms with Crippen LogP contribution >= 0.6 is 0 Å². The van der Waals surface area contributed by atoms with E-state index in [1.165, 1.54) is 28.2 Å². The Kier molecular flexibility index (Phi) is 20.7. The molecule has 0 amide bonds. The van der Waals surface area contributed by atoms with Crippen LogP contribution in [0.5, 0.6) is 0 Å². The van der Waals surface area contributed by atoms with Crippen molar-refractivity contribution < 1.29 is 37.0 Å². The van der Waals surface area contributed by atoms with Crippen molar-refractivity contribution >= 4 is 0 Å². The summed E-state index contributed by atoms with van der Waals surface area (Å²) in [5.74, 6) is 0. The molecule has 0 heterocycles. The van der Waals surface area contributed by atoms with Crippen LogP contribution in [0.25, 0.3) is 21.3 Å². The van der Waals surface area contributed by atoms with Crippen molar-refractivity contribution in [3.05, 3.63) is 21.3 Å². The molecule has 0 saturated heterocycles. The van der Waals surface area contributed by atoms with Crippen molar-refractivity contribution in [2.45, 2.75) is 38.0 Å². The fraction of sp³-hybridized carbons (Fsp3) is 1.00. The third kappa shape index (κ3) is 18.2. The van der Waals surface area contributed by atoms with Gasteiger partial charge in [-0.05, 0) is 12.8 Å². The zero-order valence-electron chi connectivity index (χ0n) is 11.7. The van der Waals surface area contributed by atoms with Gasteiger partial charge in [-0.2, -0.15) is 28.2 Å². The molecule has 0 rings (SSSR count).